The number of carbonyl (C=O) groups excluding carboxylic acids is 2. The van der Waals surface area contributed by atoms with Crippen molar-refractivity contribution < 1.29 is 14.3 Å². The van der Waals surface area contributed by atoms with Gasteiger partial charge in [0.2, 0.25) is 5.91 Å². The summed E-state index contributed by atoms with van der Waals surface area (Å²) in [7, 11) is 0. The molecule has 0 aromatic rings. The van der Waals surface area contributed by atoms with Crippen molar-refractivity contribution in [3.63, 3.8) is 0 Å². The normalized spacial score (nSPS) is 27.6. The highest BCUT2D eigenvalue weighted by Gasteiger charge is 2.35. The van der Waals surface area contributed by atoms with Crippen molar-refractivity contribution in [2.75, 3.05) is 19.7 Å². The van der Waals surface area contributed by atoms with E-state index in [9.17, 15) is 9.59 Å². The van der Waals surface area contributed by atoms with Crippen LogP contribution < -0.4 is 10.6 Å². The first kappa shape index (κ1) is 19.0. The zero-order valence-corrected chi connectivity index (χ0v) is 15.5. The van der Waals surface area contributed by atoms with Crippen molar-refractivity contribution in [1.29, 1.82) is 0 Å². The Labute approximate surface area is 145 Å². The molecular weight excluding hydrogens is 306 g/mol. The number of ether oxygens (including phenoxy) is 1. The monoisotopic (exact) mass is 339 g/mol. The Morgan fingerprint density at radius 3 is 2.58 bits per heavy atom. The molecule has 2 rings (SSSR count). The van der Waals surface area contributed by atoms with Crippen molar-refractivity contribution >= 4 is 11.9 Å². The molecule has 6 nitrogen and oxygen atoms in total. The van der Waals surface area contributed by atoms with E-state index in [4.69, 9.17) is 4.74 Å². The molecule has 2 aliphatic rings. The van der Waals surface area contributed by atoms with Crippen molar-refractivity contribution in [2.45, 2.75) is 71.6 Å². The molecule has 0 aromatic heterocycles. The third kappa shape index (κ3) is 4.85. The lowest BCUT2D eigenvalue weighted by atomic mass is 9.87. The smallest absolute Gasteiger partial charge is 0.318 e. The number of hydrogen-bond acceptors (Lipinski definition) is 3. The first-order valence-electron chi connectivity index (χ1n) is 9.36. The first-order valence-corrected chi connectivity index (χ1v) is 9.36. The van der Waals surface area contributed by atoms with E-state index in [0.717, 1.165) is 32.3 Å². The highest BCUT2D eigenvalue weighted by Crippen LogP contribution is 2.26. The summed E-state index contributed by atoms with van der Waals surface area (Å²) in [6, 6.07) is -0.400. The molecule has 138 valence electrons. The summed E-state index contributed by atoms with van der Waals surface area (Å²) in [5.41, 5.74) is 0. The molecule has 3 atom stereocenters. The van der Waals surface area contributed by atoms with Crippen LogP contribution in [0.2, 0.25) is 0 Å². The van der Waals surface area contributed by atoms with Gasteiger partial charge >= 0.3 is 6.03 Å². The van der Waals surface area contributed by atoms with E-state index in [2.05, 4.69) is 24.5 Å². The van der Waals surface area contributed by atoms with Gasteiger partial charge in [0.1, 0.15) is 6.04 Å². The van der Waals surface area contributed by atoms with Gasteiger partial charge in [-0.1, -0.05) is 13.8 Å². The number of hydrogen-bond donors (Lipinski definition) is 2. The summed E-state index contributed by atoms with van der Waals surface area (Å²) in [5, 5.41) is 5.96. The molecular formula is C18H33N3O3. The molecule has 0 unspecified atom stereocenters. The maximum absolute atomic E-state index is 12.6. The third-order valence-electron chi connectivity index (χ3n) is 4.92. The average molecular weight is 339 g/mol. The number of likely N-dealkylation sites (tertiary alicyclic amines) is 1. The molecule has 0 spiro atoms. The maximum Gasteiger partial charge on any atom is 0.318 e. The van der Waals surface area contributed by atoms with Crippen molar-refractivity contribution in [3.05, 3.63) is 0 Å². The van der Waals surface area contributed by atoms with Gasteiger partial charge in [0.15, 0.2) is 0 Å². The van der Waals surface area contributed by atoms with Crippen molar-refractivity contribution in [1.82, 2.24) is 15.5 Å². The van der Waals surface area contributed by atoms with Gasteiger partial charge in [0.05, 0.1) is 6.10 Å². The lowest BCUT2D eigenvalue weighted by molar-refractivity contribution is -0.125. The molecule has 0 aromatic carbocycles. The minimum Gasteiger partial charge on any atom is -0.378 e. The summed E-state index contributed by atoms with van der Waals surface area (Å²) in [5.74, 6) is 0.786. The van der Waals surface area contributed by atoms with Crippen LogP contribution in [0.1, 0.15) is 53.4 Å². The minimum atomic E-state index is -0.342. The highest BCUT2D eigenvalue weighted by molar-refractivity contribution is 5.87. The van der Waals surface area contributed by atoms with Gasteiger partial charge in [-0.3, -0.25) is 4.79 Å². The lowest BCUT2D eigenvalue weighted by Gasteiger charge is -2.35. The van der Waals surface area contributed by atoms with Crippen LogP contribution in [0.4, 0.5) is 4.79 Å². The average Bonchev–Trinajstić information content (AvgIpc) is 3.02. The molecule has 2 heterocycles. The zero-order chi connectivity index (χ0) is 17.7. The summed E-state index contributed by atoms with van der Waals surface area (Å²) >= 11 is 0. The van der Waals surface area contributed by atoms with Gasteiger partial charge in [-0.2, -0.15) is 0 Å². The predicted octanol–water partition coefficient (Wildman–Crippen LogP) is 2.14. The van der Waals surface area contributed by atoms with E-state index in [0.29, 0.717) is 24.9 Å². The fraction of sp³-hybridized carbons (Fsp3) is 0.889. The summed E-state index contributed by atoms with van der Waals surface area (Å²) < 4.78 is 5.89. The number of carbonyl (C=O) groups is 2. The van der Waals surface area contributed by atoms with Gasteiger partial charge in [0, 0.05) is 31.7 Å². The molecule has 2 N–H and O–H groups in total. The molecule has 0 radical (unpaired) electrons. The van der Waals surface area contributed by atoms with Gasteiger partial charge in [-0.05, 0) is 45.4 Å². The Morgan fingerprint density at radius 2 is 1.92 bits per heavy atom. The molecule has 0 aliphatic carbocycles. The number of rotatable bonds is 5. The Bertz CT molecular complexity index is 439. The van der Waals surface area contributed by atoms with Gasteiger partial charge in [-0.25, -0.2) is 4.79 Å². The van der Waals surface area contributed by atoms with Gasteiger partial charge in [-0.15, -0.1) is 0 Å². The van der Waals surface area contributed by atoms with E-state index >= 15 is 0 Å². The van der Waals surface area contributed by atoms with Crippen LogP contribution in [-0.2, 0) is 9.53 Å². The van der Waals surface area contributed by atoms with Gasteiger partial charge in [0.25, 0.3) is 0 Å². The quantitative estimate of drug-likeness (QED) is 0.806. The summed E-state index contributed by atoms with van der Waals surface area (Å²) in [6.45, 7) is 10.3. The number of nitrogens with zero attached hydrogens (tertiary/aromatic N) is 1. The molecule has 3 amide bonds. The topological polar surface area (TPSA) is 70.7 Å². The fourth-order valence-electron chi connectivity index (χ4n) is 3.78. The van der Waals surface area contributed by atoms with Crippen LogP contribution in [0.5, 0.6) is 0 Å². The molecule has 24 heavy (non-hydrogen) atoms. The second-order valence-corrected chi connectivity index (χ2v) is 7.68. The van der Waals surface area contributed by atoms with Crippen molar-refractivity contribution in [2.24, 2.45) is 11.8 Å². The Morgan fingerprint density at radius 1 is 1.17 bits per heavy atom. The lowest BCUT2D eigenvalue weighted by Crippen LogP contribution is -2.52. The molecule has 0 bridgehead atoms. The third-order valence-corrected chi connectivity index (χ3v) is 4.92. The number of nitrogens with one attached hydrogen (secondary N) is 2. The second-order valence-electron chi connectivity index (χ2n) is 7.68. The predicted molar refractivity (Wildman–Crippen MR) is 93.7 cm³/mol. The SMILES string of the molecule is CC(C)NC(=O)N1CCC[C@H]1C(=O)NC[C@@H]1CCCO[C@@H]1C(C)C. The van der Waals surface area contributed by atoms with Crippen LogP contribution in [-0.4, -0.2) is 54.7 Å². The maximum atomic E-state index is 12.6. The molecule has 0 saturated carbocycles. The molecule has 6 heteroatoms. The van der Waals surface area contributed by atoms with Crippen LogP contribution >= 0.6 is 0 Å². The Hall–Kier alpha value is -1.30. The van der Waals surface area contributed by atoms with E-state index < -0.39 is 0 Å². The standard InChI is InChI=1S/C18H33N3O3/c1-12(2)16-14(7-6-10-24-16)11-19-17(22)15-8-5-9-21(15)18(23)20-13(3)4/h12-16H,5-11H2,1-4H3,(H,19,22)(H,20,23)/t14-,15-,16+/m0/s1. The molecule has 2 aliphatic heterocycles. The largest absolute Gasteiger partial charge is 0.378 e. The van der Waals surface area contributed by atoms with E-state index in [-0.39, 0.29) is 30.1 Å². The second kappa shape index (κ2) is 8.70. The highest BCUT2D eigenvalue weighted by atomic mass is 16.5. The zero-order valence-electron chi connectivity index (χ0n) is 15.5. The van der Waals surface area contributed by atoms with E-state index in [1.807, 2.05) is 13.8 Å². The molecule has 2 saturated heterocycles. The van der Waals surface area contributed by atoms with E-state index in [1.54, 1.807) is 4.90 Å². The number of amides is 3. The number of urea groups is 1. The van der Waals surface area contributed by atoms with Crippen LogP contribution in [0.15, 0.2) is 0 Å². The van der Waals surface area contributed by atoms with Crippen LogP contribution in [0, 0.1) is 11.8 Å². The van der Waals surface area contributed by atoms with Crippen molar-refractivity contribution in [3.8, 4) is 0 Å². The minimum absolute atomic E-state index is 0.0283. The summed E-state index contributed by atoms with van der Waals surface area (Å²) in [6.07, 6.45) is 3.97. The molecule has 2 fully saturated rings. The van der Waals surface area contributed by atoms with E-state index in [1.165, 1.54) is 0 Å². The summed E-state index contributed by atoms with van der Waals surface area (Å²) in [4.78, 5) is 26.5. The Balaban J connectivity index is 1.87. The fourth-order valence-corrected chi connectivity index (χ4v) is 3.78. The first-order chi connectivity index (χ1) is 11.4. The van der Waals surface area contributed by atoms with Gasteiger partial charge < -0.3 is 20.3 Å². The van der Waals surface area contributed by atoms with Crippen LogP contribution in [0.3, 0.4) is 0 Å². The van der Waals surface area contributed by atoms with Crippen LogP contribution in [0.25, 0.3) is 0 Å². The Kier molecular flexibility index (Phi) is 6.90.